The second-order valence-electron chi connectivity index (χ2n) is 3.88. The lowest BCUT2D eigenvalue weighted by molar-refractivity contribution is -0.141. The van der Waals surface area contributed by atoms with Crippen molar-refractivity contribution < 1.29 is 14.7 Å². The van der Waals surface area contributed by atoms with Gasteiger partial charge in [0.15, 0.2) is 0 Å². The van der Waals surface area contributed by atoms with Crippen LogP contribution in [0.4, 0.5) is 4.79 Å². The van der Waals surface area contributed by atoms with Gasteiger partial charge in [-0.15, -0.1) is 11.3 Å². The Bertz CT molecular complexity index is 433. The number of carboxylic acid groups (broad SMARTS) is 1. The molecular formula is C11H17N3O3S. The largest absolute Gasteiger partial charge is 0.480 e. The maximum Gasteiger partial charge on any atom is 0.326 e. The summed E-state index contributed by atoms with van der Waals surface area (Å²) in [5, 5.41) is 12.6. The number of carbonyl (C=O) groups excluding carboxylic acids is 1. The number of aryl methyl sites for hydroxylation is 1. The van der Waals surface area contributed by atoms with Crippen LogP contribution < -0.4 is 5.32 Å². The van der Waals surface area contributed by atoms with E-state index in [4.69, 9.17) is 5.11 Å². The highest BCUT2D eigenvalue weighted by molar-refractivity contribution is 7.11. The predicted octanol–water partition coefficient (Wildman–Crippen LogP) is 1.46. The number of urea groups is 1. The number of nitrogens with zero attached hydrogens (tertiary/aromatic N) is 2. The van der Waals surface area contributed by atoms with Crippen LogP contribution in [0.15, 0.2) is 6.20 Å². The molecule has 6 nitrogen and oxygen atoms in total. The summed E-state index contributed by atoms with van der Waals surface area (Å²) in [6, 6.07) is -1.19. The SMILES string of the molecule is CCC(C(=O)O)N(C)C(=O)NCc1cnc(C)s1. The van der Waals surface area contributed by atoms with Gasteiger partial charge in [0, 0.05) is 18.1 Å². The van der Waals surface area contributed by atoms with Crippen molar-refractivity contribution in [2.75, 3.05) is 7.05 Å². The van der Waals surface area contributed by atoms with E-state index >= 15 is 0 Å². The third kappa shape index (κ3) is 3.69. The Balaban J connectivity index is 2.52. The molecule has 1 heterocycles. The highest BCUT2D eigenvalue weighted by Gasteiger charge is 2.24. The van der Waals surface area contributed by atoms with E-state index < -0.39 is 18.0 Å². The maximum atomic E-state index is 11.8. The van der Waals surface area contributed by atoms with Gasteiger partial charge in [-0.2, -0.15) is 0 Å². The quantitative estimate of drug-likeness (QED) is 0.849. The molecule has 1 atom stereocenters. The van der Waals surface area contributed by atoms with Gasteiger partial charge in [-0.1, -0.05) is 6.92 Å². The summed E-state index contributed by atoms with van der Waals surface area (Å²) >= 11 is 1.50. The van der Waals surface area contributed by atoms with Crippen LogP contribution in [0.25, 0.3) is 0 Å². The summed E-state index contributed by atoms with van der Waals surface area (Å²) in [6.07, 6.45) is 2.08. The van der Waals surface area contributed by atoms with E-state index in [0.29, 0.717) is 13.0 Å². The first-order chi connectivity index (χ1) is 8.45. The molecule has 1 aromatic heterocycles. The zero-order valence-electron chi connectivity index (χ0n) is 10.6. The average Bonchev–Trinajstić information content (AvgIpc) is 2.72. The molecule has 1 aromatic rings. The molecule has 0 aliphatic carbocycles. The molecule has 0 aliphatic rings. The van der Waals surface area contributed by atoms with Gasteiger partial charge in [-0.3, -0.25) is 0 Å². The number of hydrogen-bond donors (Lipinski definition) is 2. The van der Waals surface area contributed by atoms with Crippen molar-refractivity contribution >= 4 is 23.3 Å². The van der Waals surface area contributed by atoms with E-state index in [1.54, 1.807) is 13.1 Å². The van der Waals surface area contributed by atoms with E-state index in [1.807, 2.05) is 6.92 Å². The number of carboxylic acids is 1. The van der Waals surface area contributed by atoms with Crippen molar-refractivity contribution in [1.29, 1.82) is 0 Å². The minimum atomic E-state index is -0.996. The number of hydrogen-bond acceptors (Lipinski definition) is 4. The third-order valence-corrected chi connectivity index (χ3v) is 3.46. The summed E-state index contributed by atoms with van der Waals surface area (Å²) in [6.45, 7) is 3.99. The van der Waals surface area contributed by atoms with E-state index in [2.05, 4.69) is 10.3 Å². The van der Waals surface area contributed by atoms with Crippen LogP contribution in [0.2, 0.25) is 0 Å². The number of amides is 2. The molecule has 0 fully saturated rings. The van der Waals surface area contributed by atoms with Crippen molar-refractivity contribution in [3.63, 3.8) is 0 Å². The molecular weight excluding hydrogens is 254 g/mol. The second kappa shape index (κ2) is 6.34. The minimum Gasteiger partial charge on any atom is -0.480 e. The molecule has 1 rings (SSSR count). The van der Waals surface area contributed by atoms with Crippen LogP contribution in [0.5, 0.6) is 0 Å². The summed E-state index contributed by atoms with van der Waals surface area (Å²) < 4.78 is 0. The Morgan fingerprint density at radius 3 is 2.72 bits per heavy atom. The number of aromatic nitrogens is 1. The molecule has 100 valence electrons. The van der Waals surface area contributed by atoms with Gasteiger partial charge < -0.3 is 15.3 Å². The Morgan fingerprint density at radius 1 is 1.61 bits per heavy atom. The van der Waals surface area contributed by atoms with E-state index in [9.17, 15) is 9.59 Å². The number of rotatable bonds is 5. The average molecular weight is 271 g/mol. The number of carbonyl (C=O) groups is 2. The maximum absolute atomic E-state index is 11.8. The van der Waals surface area contributed by atoms with Crippen molar-refractivity contribution in [3.8, 4) is 0 Å². The fourth-order valence-corrected chi connectivity index (χ4v) is 2.26. The molecule has 2 amide bonds. The van der Waals surface area contributed by atoms with Gasteiger partial charge in [-0.25, -0.2) is 14.6 Å². The molecule has 0 spiro atoms. The summed E-state index contributed by atoms with van der Waals surface area (Å²) in [5.41, 5.74) is 0. The van der Waals surface area contributed by atoms with Gasteiger partial charge in [0.2, 0.25) is 0 Å². The lowest BCUT2D eigenvalue weighted by atomic mass is 10.2. The molecule has 1 unspecified atom stereocenters. The first-order valence-electron chi connectivity index (χ1n) is 5.60. The van der Waals surface area contributed by atoms with Crippen molar-refractivity contribution in [3.05, 3.63) is 16.1 Å². The van der Waals surface area contributed by atoms with Gasteiger partial charge in [0.05, 0.1) is 11.6 Å². The molecule has 0 saturated heterocycles. The molecule has 0 saturated carbocycles. The molecule has 18 heavy (non-hydrogen) atoms. The van der Waals surface area contributed by atoms with Crippen molar-refractivity contribution in [2.24, 2.45) is 0 Å². The molecule has 2 N–H and O–H groups in total. The molecule has 0 aromatic carbocycles. The zero-order valence-corrected chi connectivity index (χ0v) is 11.5. The van der Waals surface area contributed by atoms with Crippen LogP contribution in [-0.4, -0.2) is 40.1 Å². The smallest absolute Gasteiger partial charge is 0.326 e. The minimum absolute atomic E-state index is 0.366. The summed E-state index contributed by atoms with van der Waals surface area (Å²) in [7, 11) is 1.48. The topological polar surface area (TPSA) is 82.5 Å². The Morgan fingerprint density at radius 2 is 2.28 bits per heavy atom. The van der Waals surface area contributed by atoms with E-state index in [1.165, 1.54) is 23.3 Å². The first kappa shape index (κ1) is 14.4. The fraction of sp³-hybridized carbons (Fsp3) is 0.545. The van der Waals surface area contributed by atoms with E-state index in [0.717, 1.165) is 9.88 Å². The normalized spacial score (nSPS) is 11.9. The zero-order chi connectivity index (χ0) is 13.7. The van der Waals surface area contributed by atoms with Crippen molar-refractivity contribution in [2.45, 2.75) is 32.9 Å². The molecule has 0 radical (unpaired) electrons. The number of nitrogens with one attached hydrogen (secondary N) is 1. The van der Waals surface area contributed by atoms with Gasteiger partial charge >= 0.3 is 12.0 Å². The van der Waals surface area contributed by atoms with Crippen molar-refractivity contribution in [1.82, 2.24) is 15.2 Å². The highest BCUT2D eigenvalue weighted by Crippen LogP contribution is 2.11. The van der Waals surface area contributed by atoms with Crippen LogP contribution >= 0.6 is 11.3 Å². The Hall–Kier alpha value is -1.63. The molecule has 0 bridgehead atoms. The summed E-state index contributed by atoms with van der Waals surface area (Å²) in [4.78, 5) is 28.9. The van der Waals surface area contributed by atoms with Gasteiger partial charge in [-0.05, 0) is 13.3 Å². The Labute approximate surface area is 110 Å². The van der Waals surface area contributed by atoms with Gasteiger partial charge in [0.25, 0.3) is 0 Å². The monoisotopic (exact) mass is 271 g/mol. The van der Waals surface area contributed by atoms with Gasteiger partial charge in [0.1, 0.15) is 6.04 Å². The van der Waals surface area contributed by atoms with Crippen LogP contribution in [0.1, 0.15) is 23.2 Å². The number of likely N-dealkylation sites (N-methyl/N-ethyl adjacent to an activating group) is 1. The Kier molecular flexibility index (Phi) is 5.08. The van der Waals surface area contributed by atoms with Crippen LogP contribution in [-0.2, 0) is 11.3 Å². The lowest BCUT2D eigenvalue weighted by Crippen LogP contribution is -2.46. The third-order valence-electron chi connectivity index (χ3n) is 2.54. The highest BCUT2D eigenvalue weighted by atomic mass is 32.1. The molecule has 0 aliphatic heterocycles. The standard InChI is InChI=1S/C11H17N3O3S/c1-4-9(10(15)16)14(3)11(17)13-6-8-5-12-7(2)18-8/h5,9H,4,6H2,1-3H3,(H,13,17)(H,15,16). The summed E-state index contributed by atoms with van der Waals surface area (Å²) in [5.74, 6) is -0.996. The lowest BCUT2D eigenvalue weighted by Gasteiger charge is -2.23. The second-order valence-corrected chi connectivity index (χ2v) is 5.20. The number of thiazole rings is 1. The predicted molar refractivity (Wildman–Crippen MR) is 68.6 cm³/mol. The number of aliphatic carboxylic acids is 1. The van der Waals surface area contributed by atoms with Crippen LogP contribution in [0.3, 0.4) is 0 Å². The molecule has 7 heteroatoms. The fourth-order valence-electron chi connectivity index (χ4n) is 1.53. The van der Waals surface area contributed by atoms with Crippen LogP contribution in [0, 0.1) is 6.92 Å². The van der Waals surface area contributed by atoms with E-state index in [-0.39, 0.29) is 0 Å². The first-order valence-corrected chi connectivity index (χ1v) is 6.42.